The van der Waals surface area contributed by atoms with Crippen molar-refractivity contribution in [2.24, 2.45) is 5.92 Å². The molecule has 1 aromatic carbocycles. The summed E-state index contributed by atoms with van der Waals surface area (Å²) < 4.78 is 1.70. The summed E-state index contributed by atoms with van der Waals surface area (Å²) >= 11 is 0. The Morgan fingerprint density at radius 3 is 2.79 bits per heavy atom. The van der Waals surface area contributed by atoms with Gasteiger partial charge in [-0.05, 0) is 48.2 Å². The third-order valence-corrected chi connectivity index (χ3v) is 3.99. The Balaban J connectivity index is 1.80. The highest BCUT2D eigenvalue weighted by Gasteiger charge is 2.22. The number of rotatable bonds is 4. The molecule has 5 nitrogen and oxygen atoms in total. The van der Waals surface area contributed by atoms with E-state index < -0.39 is 0 Å². The van der Waals surface area contributed by atoms with Crippen molar-refractivity contribution in [3.63, 3.8) is 0 Å². The Kier molecular flexibility index (Phi) is 3.44. The second-order valence-electron chi connectivity index (χ2n) is 5.25. The normalized spacial score (nSPS) is 17.5. The van der Waals surface area contributed by atoms with Gasteiger partial charge in [0.15, 0.2) is 0 Å². The highest BCUT2D eigenvalue weighted by molar-refractivity contribution is 5.60. The van der Waals surface area contributed by atoms with Gasteiger partial charge in [0.1, 0.15) is 6.33 Å². The molecule has 1 aliphatic carbocycles. The van der Waals surface area contributed by atoms with Crippen molar-refractivity contribution in [2.45, 2.75) is 38.6 Å². The number of hydrogen-bond acceptors (Lipinski definition) is 4. The third-order valence-electron chi connectivity index (χ3n) is 3.99. The van der Waals surface area contributed by atoms with Gasteiger partial charge in [0.25, 0.3) is 0 Å². The number of nitrogens with one attached hydrogen (secondary N) is 1. The van der Waals surface area contributed by atoms with Crippen molar-refractivity contribution in [2.75, 3.05) is 5.32 Å². The quantitative estimate of drug-likeness (QED) is 0.915. The summed E-state index contributed by atoms with van der Waals surface area (Å²) in [6.07, 6.45) is 7.03. The van der Waals surface area contributed by atoms with E-state index in [1.807, 2.05) is 18.2 Å². The van der Waals surface area contributed by atoms with Crippen LogP contribution in [0.4, 0.5) is 5.69 Å². The molecular weight excluding hydrogens is 238 g/mol. The fourth-order valence-electron chi connectivity index (χ4n) is 2.89. The SMILES string of the molecule is CC(Nc1ccccc1-n1cnnn1)C1CCCC1. The third kappa shape index (κ3) is 2.59. The minimum absolute atomic E-state index is 0.486. The van der Waals surface area contributed by atoms with Crippen LogP contribution in [0.5, 0.6) is 0 Å². The van der Waals surface area contributed by atoms with Gasteiger partial charge in [0, 0.05) is 6.04 Å². The van der Waals surface area contributed by atoms with Crippen LogP contribution in [0, 0.1) is 5.92 Å². The zero-order valence-corrected chi connectivity index (χ0v) is 11.2. The van der Waals surface area contributed by atoms with Crippen LogP contribution in [0.3, 0.4) is 0 Å². The fraction of sp³-hybridized carbons (Fsp3) is 0.500. The number of benzene rings is 1. The summed E-state index contributed by atoms with van der Waals surface area (Å²) in [4.78, 5) is 0. The summed E-state index contributed by atoms with van der Waals surface area (Å²) in [5.74, 6) is 0.780. The highest BCUT2D eigenvalue weighted by atomic mass is 15.5. The second-order valence-corrected chi connectivity index (χ2v) is 5.25. The lowest BCUT2D eigenvalue weighted by Gasteiger charge is -2.22. The van der Waals surface area contributed by atoms with Crippen molar-refractivity contribution >= 4 is 5.69 Å². The van der Waals surface area contributed by atoms with Gasteiger partial charge < -0.3 is 5.32 Å². The van der Waals surface area contributed by atoms with E-state index in [1.54, 1.807) is 11.0 Å². The lowest BCUT2D eigenvalue weighted by atomic mass is 9.99. The molecule has 1 aliphatic rings. The monoisotopic (exact) mass is 257 g/mol. The molecule has 0 radical (unpaired) electrons. The van der Waals surface area contributed by atoms with Gasteiger partial charge in [-0.15, -0.1) is 5.10 Å². The molecule has 2 aromatic rings. The molecule has 5 heteroatoms. The van der Waals surface area contributed by atoms with Crippen LogP contribution in [0.25, 0.3) is 5.69 Å². The van der Waals surface area contributed by atoms with Crippen LogP contribution in [0.1, 0.15) is 32.6 Å². The number of nitrogens with zero attached hydrogens (tertiary/aromatic N) is 4. The Morgan fingerprint density at radius 2 is 2.05 bits per heavy atom. The van der Waals surface area contributed by atoms with E-state index >= 15 is 0 Å². The van der Waals surface area contributed by atoms with Gasteiger partial charge in [0.05, 0.1) is 11.4 Å². The zero-order valence-electron chi connectivity index (χ0n) is 11.2. The standard InChI is InChI=1S/C14H19N5/c1-11(12-6-2-3-7-12)16-13-8-4-5-9-14(13)19-10-15-17-18-19/h4-5,8-12,16H,2-3,6-7H2,1H3. The van der Waals surface area contributed by atoms with Gasteiger partial charge >= 0.3 is 0 Å². The van der Waals surface area contributed by atoms with E-state index in [0.717, 1.165) is 17.3 Å². The first kappa shape index (κ1) is 12.1. The van der Waals surface area contributed by atoms with Crippen molar-refractivity contribution < 1.29 is 0 Å². The molecule has 19 heavy (non-hydrogen) atoms. The first-order chi connectivity index (χ1) is 9.34. The summed E-state index contributed by atoms with van der Waals surface area (Å²) in [6, 6.07) is 8.64. The van der Waals surface area contributed by atoms with Crippen LogP contribution >= 0.6 is 0 Å². The predicted molar refractivity (Wildman–Crippen MR) is 74.2 cm³/mol. The zero-order chi connectivity index (χ0) is 13.1. The Morgan fingerprint density at radius 1 is 1.26 bits per heavy atom. The molecule has 3 rings (SSSR count). The molecule has 1 aromatic heterocycles. The lowest BCUT2D eigenvalue weighted by Crippen LogP contribution is -2.24. The summed E-state index contributed by atoms with van der Waals surface area (Å²) in [6.45, 7) is 2.27. The van der Waals surface area contributed by atoms with E-state index in [2.05, 4.69) is 33.8 Å². The number of tetrazole rings is 1. The largest absolute Gasteiger partial charge is 0.381 e. The molecule has 100 valence electrons. The molecule has 0 amide bonds. The smallest absolute Gasteiger partial charge is 0.143 e. The van der Waals surface area contributed by atoms with E-state index in [1.165, 1.54) is 25.7 Å². The predicted octanol–water partition coefficient (Wildman–Crippen LogP) is 2.65. The van der Waals surface area contributed by atoms with Crippen LogP contribution in [0.15, 0.2) is 30.6 Å². The summed E-state index contributed by atoms with van der Waals surface area (Å²) in [7, 11) is 0. The molecule has 0 saturated heterocycles. The van der Waals surface area contributed by atoms with Gasteiger partial charge in [0.2, 0.25) is 0 Å². The molecule has 1 saturated carbocycles. The maximum Gasteiger partial charge on any atom is 0.143 e. The van der Waals surface area contributed by atoms with Gasteiger partial charge in [-0.3, -0.25) is 0 Å². The summed E-state index contributed by atoms with van der Waals surface area (Å²) in [5, 5.41) is 15.0. The molecular formula is C14H19N5. The van der Waals surface area contributed by atoms with Crippen LogP contribution in [0.2, 0.25) is 0 Å². The minimum Gasteiger partial charge on any atom is -0.381 e. The first-order valence-electron chi connectivity index (χ1n) is 6.93. The molecule has 0 spiro atoms. The fourth-order valence-corrected chi connectivity index (χ4v) is 2.89. The first-order valence-corrected chi connectivity index (χ1v) is 6.93. The van der Waals surface area contributed by atoms with Gasteiger partial charge in [-0.1, -0.05) is 25.0 Å². The number of aromatic nitrogens is 4. The number of para-hydroxylation sites is 2. The molecule has 1 atom stereocenters. The van der Waals surface area contributed by atoms with Crippen LogP contribution < -0.4 is 5.32 Å². The summed E-state index contributed by atoms with van der Waals surface area (Å²) in [5.41, 5.74) is 2.09. The van der Waals surface area contributed by atoms with Crippen molar-refractivity contribution in [1.29, 1.82) is 0 Å². The molecule has 0 bridgehead atoms. The molecule has 1 heterocycles. The lowest BCUT2D eigenvalue weighted by molar-refractivity contribution is 0.482. The maximum atomic E-state index is 3.97. The van der Waals surface area contributed by atoms with Crippen LogP contribution in [-0.2, 0) is 0 Å². The number of hydrogen-bond donors (Lipinski definition) is 1. The Hall–Kier alpha value is -1.91. The Bertz CT molecular complexity index is 516. The second kappa shape index (κ2) is 5.38. The van der Waals surface area contributed by atoms with Crippen LogP contribution in [-0.4, -0.2) is 26.2 Å². The average Bonchev–Trinajstić information content (AvgIpc) is 3.13. The van der Waals surface area contributed by atoms with E-state index in [9.17, 15) is 0 Å². The van der Waals surface area contributed by atoms with Gasteiger partial charge in [-0.25, -0.2) is 0 Å². The van der Waals surface area contributed by atoms with E-state index in [0.29, 0.717) is 6.04 Å². The number of anilines is 1. The minimum atomic E-state index is 0.486. The highest BCUT2D eigenvalue weighted by Crippen LogP contribution is 2.30. The van der Waals surface area contributed by atoms with E-state index in [4.69, 9.17) is 0 Å². The molecule has 1 fully saturated rings. The van der Waals surface area contributed by atoms with Crippen molar-refractivity contribution in [3.05, 3.63) is 30.6 Å². The van der Waals surface area contributed by atoms with E-state index in [-0.39, 0.29) is 0 Å². The Labute approximate surface area is 113 Å². The molecule has 1 unspecified atom stereocenters. The topological polar surface area (TPSA) is 55.6 Å². The average molecular weight is 257 g/mol. The van der Waals surface area contributed by atoms with Crippen molar-refractivity contribution in [1.82, 2.24) is 20.2 Å². The van der Waals surface area contributed by atoms with Gasteiger partial charge in [-0.2, -0.15) is 4.68 Å². The van der Waals surface area contributed by atoms with Crippen molar-refractivity contribution in [3.8, 4) is 5.69 Å². The maximum absolute atomic E-state index is 3.97. The molecule has 0 aliphatic heterocycles. The molecule has 1 N–H and O–H groups in total.